The first-order chi connectivity index (χ1) is 22.4. The van der Waals surface area contributed by atoms with Gasteiger partial charge in [0, 0.05) is 55.7 Å². The number of rotatable bonds is 3. The molecule has 0 N–H and O–H groups in total. The average Bonchev–Trinajstić information content (AvgIpc) is 3.56. The maximum absolute atomic E-state index is 5.68. The zero-order chi connectivity index (χ0) is 31.8. The number of hydrogen-bond donors (Lipinski definition) is 0. The number of aromatic nitrogens is 3. The van der Waals surface area contributed by atoms with E-state index in [0.717, 1.165) is 55.6 Å². The topological polar surface area (TPSA) is 51.8 Å². The number of hydrogen-bond acceptors (Lipinski definition) is 4. The number of furan rings is 1. The van der Waals surface area contributed by atoms with Gasteiger partial charge in [0.1, 0.15) is 0 Å². The molecule has 0 fully saturated rings. The van der Waals surface area contributed by atoms with E-state index in [2.05, 4.69) is 118 Å². The molecule has 0 saturated carbocycles. The van der Waals surface area contributed by atoms with Crippen molar-refractivity contribution in [2.24, 2.45) is 0 Å². The minimum absolute atomic E-state index is 0. The summed E-state index contributed by atoms with van der Waals surface area (Å²) >= 11 is 0. The Hall–Kier alpha value is -4.96. The van der Waals surface area contributed by atoms with Gasteiger partial charge in [0.15, 0.2) is 0 Å². The van der Waals surface area contributed by atoms with Crippen molar-refractivity contribution >= 4 is 32.6 Å². The summed E-state index contributed by atoms with van der Waals surface area (Å²) in [6.45, 7) is 10.4. The Bertz CT molecular complexity index is 2320. The summed E-state index contributed by atoms with van der Waals surface area (Å²) in [6.07, 6.45) is 5.55. The normalized spacial score (nSPS) is 10.9. The van der Waals surface area contributed by atoms with Crippen LogP contribution in [0.2, 0.25) is 0 Å². The van der Waals surface area contributed by atoms with Crippen molar-refractivity contribution in [1.82, 2.24) is 15.0 Å². The number of pyridine rings is 3. The maximum Gasteiger partial charge on any atom is 0.0847 e. The molecular weight excluding hydrogens is 755 g/mol. The van der Waals surface area contributed by atoms with E-state index in [9.17, 15) is 0 Å². The Kier molecular flexibility index (Phi) is 9.13. The molecule has 0 amide bonds. The summed E-state index contributed by atoms with van der Waals surface area (Å²) in [5.41, 5.74) is 13.8. The zero-order valence-corrected chi connectivity index (χ0v) is 29.4. The van der Waals surface area contributed by atoms with Crippen LogP contribution in [0.15, 0.2) is 114 Å². The first-order valence-corrected chi connectivity index (χ1v) is 15.4. The monoisotopic (exact) mass is 788 g/mol. The molecule has 8 rings (SSSR count). The van der Waals surface area contributed by atoms with Crippen LogP contribution in [0.1, 0.15) is 27.9 Å². The van der Waals surface area contributed by atoms with Gasteiger partial charge in [-0.15, -0.1) is 41.0 Å². The molecule has 4 nitrogen and oxygen atoms in total. The van der Waals surface area contributed by atoms with Gasteiger partial charge < -0.3 is 9.40 Å². The largest absolute Gasteiger partial charge is 0.506 e. The van der Waals surface area contributed by atoms with Crippen LogP contribution < -0.4 is 0 Å². The molecule has 0 aliphatic rings. The van der Waals surface area contributed by atoms with Crippen LogP contribution in [-0.4, -0.2) is 15.0 Å². The standard InChI is InChI=1S/C27H17N2O.C15H16N.Ir/c1-17-9-11-23-24(15-19-13-14-30-27(19)26(23)29-17)25-12-10-20(16-28-25)22-8-4-6-18-5-2-3-7-21(18)22;1-10-5-6-14(7-11(10)2)15-8-12(3)13(4)9-16-15;/h2-14,16H,1H3;5,7-9H,1-4H3;/q2*-1;. The van der Waals surface area contributed by atoms with Crippen molar-refractivity contribution in [3.05, 3.63) is 150 Å². The molecule has 4 heterocycles. The van der Waals surface area contributed by atoms with Crippen LogP contribution in [0.25, 0.3) is 66.3 Å². The maximum atomic E-state index is 5.68. The van der Waals surface area contributed by atoms with Gasteiger partial charge in [0.25, 0.3) is 0 Å². The number of nitrogens with zero attached hydrogens (tertiary/aromatic N) is 3. The molecule has 0 aliphatic heterocycles. The second kappa shape index (κ2) is 13.4. The van der Waals surface area contributed by atoms with Gasteiger partial charge in [-0.05, 0) is 60.0 Å². The third-order valence-electron chi connectivity index (χ3n) is 8.64. The van der Waals surface area contributed by atoms with Crippen molar-refractivity contribution < 1.29 is 24.5 Å². The second-order valence-corrected chi connectivity index (χ2v) is 11.8. The van der Waals surface area contributed by atoms with Gasteiger partial charge >= 0.3 is 0 Å². The summed E-state index contributed by atoms with van der Waals surface area (Å²) in [7, 11) is 0. The van der Waals surface area contributed by atoms with Gasteiger partial charge in [0.2, 0.25) is 0 Å². The van der Waals surface area contributed by atoms with E-state index in [1.807, 2.05) is 37.5 Å². The quantitative estimate of drug-likeness (QED) is 0.167. The van der Waals surface area contributed by atoms with E-state index in [4.69, 9.17) is 14.4 Å². The smallest absolute Gasteiger partial charge is 0.0847 e. The third kappa shape index (κ3) is 6.38. The van der Waals surface area contributed by atoms with Crippen LogP contribution in [0.5, 0.6) is 0 Å². The van der Waals surface area contributed by atoms with Crippen LogP contribution in [-0.2, 0) is 20.1 Å². The predicted molar refractivity (Wildman–Crippen MR) is 189 cm³/mol. The van der Waals surface area contributed by atoms with Crippen LogP contribution in [0, 0.1) is 46.8 Å². The SMILES string of the molecule is Cc1c[c-]c(-c2cc(C)c(C)cn2)cc1C.Cc1ccc2c(-c3ccc(-c4cccc5ccccc45)cn3)[c-]c3ccoc3c2n1.[Ir]. The minimum atomic E-state index is 0. The molecule has 233 valence electrons. The second-order valence-electron chi connectivity index (χ2n) is 11.8. The summed E-state index contributed by atoms with van der Waals surface area (Å²) in [4.78, 5) is 14.0. The summed E-state index contributed by atoms with van der Waals surface area (Å²) in [5, 5.41) is 4.36. The van der Waals surface area contributed by atoms with Crippen LogP contribution >= 0.6 is 0 Å². The Labute approximate surface area is 288 Å². The van der Waals surface area contributed by atoms with E-state index in [0.29, 0.717) is 0 Å². The molecule has 0 bridgehead atoms. The van der Waals surface area contributed by atoms with Gasteiger partial charge in [0.05, 0.1) is 5.58 Å². The Morgan fingerprint density at radius 3 is 2.23 bits per heavy atom. The molecule has 8 aromatic rings. The van der Waals surface area contributed by atoms with Gasteiger partial charge in [-0.3, -0.25) is 9.97 Å². The number of benzene rings is 4. The van der Waals surface area contributed by atoms with Crippen molar-refractivity contribution in [3.63, 3.8) is 0 Å². The molecule has 4 aromatic carbocycles. The predicted octanol–water partition coefficient (Wildman–Crippen LogP) is 10.8. The number of fused-ring (bicyclic) bond motifs is 4. The van der Waals surface area contributed by atoms with E-state index >= 15 is 0 Å². The molecule has 47 heavy (non-hydrogen) atoms. The fraction of sp³-hybridized carbons (Fsp3) is 0.119. The van der Waals surface area contributed by atoms with E-state index in [-0.39, 0.29) is 20.1 Å². The van der Waals surface area contributed by atoms with Crippen molar-refractivity contribution in [2.75, 3.05) is 0 Å². The summed E-state index contributed by atoms with van der Waals surface area (Å²) in [6, 6.07) is 38.1. The summed E-state index contributed by atoms with van der Waals surface area (Å²) < 4.78 is 5.68. The molecule has 4 aromatic heterocycles. The fourth-order valence-electron chi connectivity index (χ4n) is 5.70. The van der Waals surface area contributed by atoms with E-state index in [1.165, 1.54) is 38.6 Å². The van der Waals surface area contributed by atoms with Gasteiger partial charge in [-0.1, -0.05) is 109 Å². The average molecular weight is 788 g/mol. The van der Waals surface area contributed by atoms with Gasteiger partial charge in [-0.2, -0.15) is 0 Å². The molecule has 0 spiro atoms. The molecular formula is C42H33IrN3O-2. The Balaban J connectivity index is 0.000000194. The molecule has 5 heteroatoms. The Morgan fingerprint density at radius 1 is 0.660 bits per heavy atom. The van der Waals surface area contributed by atoms with Crippen molar-refractivity contribution in [1.29, 1.82) is 0 Å². The Morgan fingerprint density at radius 2 is 1.45 bits per heavy atom. The van der Waals surface area contributed by atoms with Crippen molar-refractivity contribution in [3.8, 4) is 33.6 Å². The minimum Gasteiger partial charge on any atom is -0.506 e. The summed E-state index contributed by atoms with van der Waals surface area (Å²) in [5.74, 6) is 0. The molecule has 0 saturated heterocycles. The molecule has 0 unspecified atom stereocenters. The number of aryl methyl sites for hydroxylation is 5. The first-order valence-electron chi connectivity index (χ1n) is 15.4. The molecule has 0 atom stereocenters. The van der Waals surface area contributed by atoms with Gasteiger partial charge in [-0.25, -0.2) is 0 Å². The molecule has 0 aliphatic carbocycles. The van der Waals surface area contributed by atoms with Crippen LogP contribution in [0.3, 0.4) is 0 Å². The third-order valence-corrected chi connectivity index (χ3v) is 8.64. The van der Waals surface area contributed by atoms with E-state index < -0.39 is 0 Å². The van der Waals surface area contributed by atoms with Crippen LogP contribution in [0.4, 0.5) is 0 Å². The first kappa shape index (κ1) is 32.0. The van der Waals surface area contributed by atoms with Crippen molar-refractivity contribution in [2.45, 2.75) is 34.6 Å². The zero-order valence-electron chi connectivity index (χ0n) is 27.0. The molecule has 1 radical (unpaired) electrons. The van der Waals surface area contributed by atoms with E-state index in [1.54, 1.807) is 6.26 Å². The fourth-order valence-corrected chi connectivity index (χ4v) is 5.70.